The molecule has 0 bridgehead atoms. The molecule has 1 fully saturated rings. The van der Waals surface area contributed by atoms with Crippen molar-refractivity contribution in [3.05, 3.63) is 35.4 Å². The van der Waals surface area contributed by atoms with E-state index < -0.39 is 38.1 Å². The highest BCUT2D eigenvalue weighted by molar-refractivity contribution is 7.93. The quantitative estimate of drug-likeness (QED) is 0.840. The Hall–Kier alpha value is -1.93. The SMILES string of the molecule is CC(C(=O)N1Cc2ccccc2C(C(=O)O)C1)S(=O)(=O)C1CCOCC1. The van der Waals surface area contributed by atoms with E-state index in [1.54, 1.807) is 24.3 Å². The predicted octanol–water partition coefficient (Wildman–Crippen LogP) is 1.18. The van der Waals surface area contributed by atoms with Crippen LogP contribution in [0.4, 0.5) is 0 Å². The molecule has 1 saturated heterocycles. The Kier molecular flexibility index (Phi) is 5.34. The normalized spacial score (nSPS) is 22.5. The summed E-state index contributed by atoms with van der Waals surface area (Å²) < 4.78 is 30.8. The Morgan fingerprint density at radius 3 is 2.54 bits per heavy atom. The minimum Gasteiger partial charge on any atom is -0.481 e. The van der Waals surface area contributed by atoms with Crippen LogP contribution in [0.2, 0.25) is 0 Å². The minimum atomic E-state index is -3.64. The summed E-state index contributed by atoms with van der Waals surface area (Å²) in [6.07, 6.45) is 0.779. The molecule has 0 spiro atoms. The second-order valence-corrected chi connectivity index (χ2v) is 9.40. The summed E-state index contributed by atoms with van der Waals surface area (Å²) >= 11 is 0. The zero-order valence-corrected chi connectivity index (χ0v) is 15.4. The van der Waals surface area contributed by atoms with Crippen LogP contribution < -0.4 is 0 Å². The number of carbonyl (C=O) groups excluding carboxylic acids is 1. The summed E-state index contributed by atoms with van der Waals surface area (Å²) in [5.74, 6) is -2.39. The topological polar surface area (TPSA) is 101 Å². The summed E-state index contributed by atoms with van der Waals surface area (Å²) in [7, 11) is -3.64. The lowest BCUT2D eigenvalue weighted by atomic mass is 9.89. The van der Waals surface area contributed by atoms with Crippen LogP contribution >= 0.6 is 0 Å². The maximum atomic E-state index is 12.9. The van der Waals surface area contributed by atoms with Crippen molar-refractivity contribution in [2.75, 3.05) is 19.8 Å². The average Bonchev–Trinajstić information content (AvgIpc) is 2.66. The Balaban J connectivity index is 1.82. The van der Waals surface area contributed by atoms with Crippen molar-refractivity contribution >= 4 is 21.7 Å². The monoisotopic (exact) mass is 381 g/mol. The van der Waals surface area contributed by atoms with Crippen LogP contribution in [0.15, 0.2) is 24.3 Å². The molecule has 2 aliphatic rings. The smallest absolute Gasteiger partial charge is 0.312 e. The van der Waals surface area contributed by atoms with Gasteiger partial charge in [0.2, 0.25) is 5.91 Å². The molecule has 3 rings (SSSR count). The van der Waals surface area contributed by atoms with E-state index >= 15 is 0 Å². The molecule has 0 aliphatic carbocycles. The van der Waals surface area contributed by atoms with Gasteiger partial charge in [0.15, 0.2) is 9.84 Å². The van der Waals surface area contributed by atoms with Crippen molar-refractivity contribution in [3.63, 3.8) is 0 Å². The molecular weight excluding hydrogens is 358 g/mol. The fraction of sp³-hybridized carbons (Fsp3) is 0.556. The number of rotatable bonds is 4. The van der Waals surface area contributed by atoms with Crippen LogP contribution in [0.5, 0.6) is 0 Å². The van der Waals surface area contributed by atoms with Gasteiger partial charge in [-0.1, -0.05) is 24.3 Å². The molecule has 1 aromatic rings. The van der Waals surface area contributed by atoms with Crippen LogP contribution in [-0.4, -0.2) is 60.6 Å². The summed E-state index contributed by atoms with van der Waals surface area (Å²) in [6, 6.07) is 7.08. The van der Waals surface area contributed by atoms with Gasteiger partial charge in [0.1, 0.15) is 5.25 Å². The van der Waals surface area contributed by atoms with Gasteiger partial charge >= 0.3 is 5.97 Å². The summed E-state index contributed by atoms with van der Waals surface area (Å²) in [4.78, 5) is 25.9. The molecule has 1 amide bonds. The Labute approximate surface area is 152 Å². The lowest BCUT2D eigenvalue weighted by Crippen LogP contribution is -2.48. The van der Waals surface area contributed by atoms with Crippen LogP contribution in [0.3, 0.4) is 0 Å². The van der Waals surface area contributed by atoms with Gasteiger partial charge in [-0.15, -0.1) is 0 Å². The number of carbonyl (C=O) groups is 2. The molecule has 0 aromatic heterocycles. The molecule has 8 heteroatoms. The van der Waals surface area contributed by atoms with E-state index in [0.29, 0.717) is 31.6 Å². The van der Waals surface area contributed by atoms with Crippen molar-refractivity contribution in [1.82, 2.24) is 4.90 Å². The number of hydrogen-bond acceptors (Lipinski definition) is 5. The first-order valence-corrected chi connectivity index (χ1v) is 10.3. The summed E-state index contributed by atoms with van der Waals surface area (Å²) in [5.41, 5.74) is 1.43. The van der Waals surface area contributed by atoms with E-state index in [0.717, 1.165) is 5.56 Å². The Morgan fingerprint density at radius 1 is 1.23 bits per heavy atom. The second kappa shape index (κ2) is 7.36. The number of ether oxygens (including phenoxy) is 1. The maximum Gasteiger partial charge on any atom is 0.312 e. The van der Waals surface area contributed by atoms with Gasteiger partial charge in [-0.25, -0.2) is 8.42 Å². The van der Waals surface area contributed by atoms with E-state index in [9.17, 15) is 23.1 Å². The van der Waals surface area contributed by atoms with Gasteiger partial charge in [0, 0.05) is 26.3 Å². The van der Waals surface area contributed by atoms with Crippen LogP contribution in [-0.2, 0) is 30.7 Å². The number of amides is 1. The molecule has 7 nitrogen and oxygen atoms in total. The fourth-order valence-corrected chi connectivity index (χ4v) is 5.53. The highest BCUT2D eigenvalue weighted by atomic mass is 32.2. The molecule has 2 atom stereocenters. The van der Waals surface area contributed by atoms with Crippen LogP contribution in [0, 0.1) is 0 Å². The number of carboxylic acids is 1. The molecule has 1 aromatic carbocycles. The zero-order chi connectivity index (χ0) is 18.9. The number of hydrogen-bond donors (Lipinski definition) is 1. The molecule has 0 radical (unpaired) electrons. The minimum absolute atomic E-state index is 0.0151. The first kappa shape index (κ1) is 18.8. The van der Waals surface area contributed by atoms with Crippen LogP contribution in [0.25, 0.3) is 0 Å². The van der Waals surface area contributed by atoms with E-state index in [1.165, 1.54) is 11.8 Å². The van der Waals surface area contributed by atoms with Gasteiger partial charge in [0.05, 0.1) is 11.2 Å². The highest BCUT2D eigenvalue weighted by Gasteiger charge is 2.41. The predicted molar refractivity (Wildman–Crippen MR) is 94.5 cm³/mol. The highest BCUT2D eigenvalue weighted by Crippen LogP contribution is 2.30. The van der Waals surface area contributed by atoms with E-state index in [4.69, 9.17) is 4.74 Å². The fourth-order valence-electron chi connectivity index (χ4n) is 3.68. The maximum absolute atomic E-state index is 12.9. The lowest BCUT2D eigenvalue weighted by molar-refractivity contribution is -0.141. The van der Waals surface area contributed by atoms with Gasteiger partial charge < -0.3 is 14.7 Å². The van der Waals surface area contributed by atoms with Crippen molar-refractivity contribution in [1.29, 1.82) is 0 Å². The van der Waals surface area contributed by atoms with Gasteiger partial charge in [0.25, 0.3) is 0 Å². The molecule has 2 unspecified atom stereocenters. The van der Waals surface area contributed by atoms with E-state index in [2.05, 4.69) is 0 Å². The molecule has 1 N–H and O–H groups in total. The molecule has 2 heterocycles. The standard InChI is InChI=1S/C18H23NO6S/c1-12(26(23,24)14-6-8-25-9-7-14)17(20)19-10-13-4-2-3-5-15(13)16(11-19)18(21)22/h2-5,12,14,16H,6-11H2,1H3,(H,21,22). The van der Waals surface area contributed by atoms with E-state index in [-0.39, 0.29) is 13.1 Å². The number of benzene rings is 1. The summed E-state index contributed by atoms with van der Waals surface area (Å²) in [5, 5.41) is 7.75. The Morgan fingerprint density at radius 2 is 1.88 bits per heavy atom. The average molecular weight is 381 g/mol. The molecule has 26 heavy (non-hydrogen) atoms. The Bertz CT molecular complexity index is 800. The van der Waals surface area contributed by atoms with Crippen molar-refractivity contribution in [2.45, 2.75) is 42.7 Å². The number of fused-ring (bicyclic) bond motifs is 1. The third-order valence-corrected chi connectivity index (χ3v) is 7.87. The molecule has 0 saturated carbocycles. The van der Waals surface area contributed by atoms with Gasteiger partial charge in [-0.05, 0) is 30.9 Å². The largest absolute Gasteiger partial charge is 0.481 e. The van der Waals surface area contributed by atoms with Crippen LogP contribution in [0.1, 0.15) is 36.8 Å². The molecular formula is C18H23NO6S. The number of carboxylic acid groups (broad SMARTS) is 1. The molecule has 2 aliphatic heterocycles. The zero-order valence-electron chi connectivity index (χ0n) is 14.6. The second-order valence-electron chi connectivity index (χ2n) is 6.85. The molecule has 142 valence electrons. The third kappa shape index (κ3) is 3.48. The van der Waals surface area contributed by atoms with E-state index in [1.807, 2.05) is 0 Å². The number of nitrogens with zero attached hydrogens (tertiary/aromatic N) is 1. The van der Waals surface area contributed by atoms with Crippen molar-refractivity contribution < 1.29 is 27.9 Å². The lowest BCUT2D eigenvalue weighted by Gasteiger charge is -2.35. The third-order valence-electron chi connectivity index (χ3n) is 5.28. The number of sulfone groups is 1. The van der Waals surface area contributed by atoms with Crippen molar-refractivity contribution in [2.24, 2.45) is 0 Å². The summed E-state index contributed by atoms with van der Waals surface area (Å²) in [6.45, 7) is 2.38. The first-order chi connectivity index (χ1) is 12.3. The first-order valence-electron chi connectivity index (χ1n) is 8.72. The van der Waals surface area contributed by atoms with Gasteiger partial charge in [-0.2, -0.15) is 0 Å². The van der Waals surface area contributed by atoms with Gasteiger partial charge in [-0.3, -0.25) is 9.59 Å². The number of aliphatic carboxylic acids is 1. The van der Waals surface area contributed by atoms with Crippen molar-refractivity contribution in [3.8, 4) is 0 Å².